The summed E-state index contributed by atoms with van der Waals surface area (Å²) >= 11 is 0. The Hall–Kier alpha value is -1.55. The number of aromatic nitrogens is 2. The normalized spacial score (nSPS) is 21.2. The molecule has 15 heavy (non-hydrogen) atoms. The van der Waals surface area contributed by atoms with Gasteiger partial charge in [0.25, 0.3) is 0 Å². The second-order valence-electron chi connectivity index (χ2n) is 3.85. The van der Waals surface area contributed by atoms with Gasteiger partial charge in [-0.3, -0.25) is 4.40 Å². The summed E-state index contributed by atoms with van der Waals surface area (Å²) in [5, 5.41) is 0. The van der Waals surface area contributed by atoms with Crippen molar-refractivity contribution in [3.63, 3.8) is 0 Å². The number of nitrogen functional groups attached to an aromatic ring is 1. The zero-order chi connectivity index (χ0) is 10.3. The maximum atomic E-state index is 5.85. The lowest BCUT2D eigenvalue weighted by molar-refractivity contribution is 0.109. The molecule has 4 nitrogen and oxygen atoms in total. The van der Waals surface area contributed by atoms with Gasteiger partial charge in [-0.1, -0.05) is 6.07 Å². The second kappa shape index (κ2) is 3.24. The molecule has 0 aromatic carbocycles. The zero-order valence-electron chi connectivity index (χ0n) is 8.39. The molecule has 4 heteroatoms. The molecular weight excluding hydrogens is 190 g/mol. The molecule has 0 amide bonds. The van der Waals surface area contributed by atoms with Gasteiger partial charge in [0.15, 0.2) is 0 Å². The Balaban J connectivity index is 2.09. The van der Waals surface area contributed by atoms with Crippen LogP contribution in [-0.2, 0) is 4.74 Å². The van der Waals surface area contributed by atoms with E-state index in [1.807, 2.05) is 28.8 Å². The van der Waals surface area contributed by atoms with E-state index in [0.717, 1.165) is 30.8 Å². The molecule has 1 atom stereocenters. The molecule has 0 aliphatic carbocycles. The van der Waals surface area contributed by atoms with Crippen molar-refractivity contribution in [2.75, 3.05) is 12.3 Å². The first-order chi connectivity index (χ1) is 7.34. The fourth-order valence-electron chi connectivity index (χ4n) is 2.02. The van der Waals surface area contributed by atoms with Crippen molar-refractivity contribution in [1.82, 2.24) is 9.38 Å². The van der Waals surface area contributed by atoms with Gasteiger partial charge in [0.1, 0.15) is 17.6 Å². The Morgan fingerprint density at radius 1 is 1.47 bits per heavy atom. The molecule has 2 N–H and O–H groups in total. The van der Waals surface area contributed by atoms with E-state index in [1.165, 1.54) is 0 Å². The third-order valence-corrected chi connectivity index (χ3v) is 2.80. The summed E-state index contributed by atoms with van der Waals surface area (Å²) in [5.74, 6) is 0.712. The monoisotopic (exact) mass is 203 g/mol. The van der Waals surface area contributed by atoms with Crippen molar-refractivity contribution in [2.45, 2.75) is 18.9 Å². The zero-order valence-corrected chi connectivity index (χ0v) is 8.39. The highest BCUT2D eigenvalue weighted by Crippen LogP contribution is 2.28. The largest absolute Gasteiger partial charge is 0.385 e. The fraction of sp³-hybridized carbons (Fsp3) is 0.364. The fourth-order valence-corrected chi connectivity index (χ4v) is 2.02. The molecule has 0 saturated carbocycles. The number of hydrogen-bond acceptors (Lipinski definition) is 3. The minimum absolute atomic E-state index is 0.157. The number of hydrogen-bond donors (Lipinski definition) is 1. The quantitative estimate of drug-likeness (QED) is 0.768. The van der Waals surface area contributed by atoms with Crippen LogP contribution in [0.15, 0.2) is 24.4 Å². The molecule has 1 unspecified atom stereocenters. The lowest BCUT2D eigenvalue weighted by Gasteiger charge is -2.03. The van der Waals surface area contributed by atoms with E-state index >= 15 is 0 Å². The SMILES string of the molecule is Nc1cccc2nc(C3CCCO3)cn12. The van der Waals surface area contributed by atoms with E-state index in [-0.39, 0.29) is 6.10 Å². The molecule has 3 heterocycles. The molecule has 2 aromatic heterocycles. The van der Waals surface area contributed by atoms with Crippen molar-refractivity contribution >= 4 is 11.5 Å². The first kappa shape index (κ1) is 8.73. The van der Waals surface area contributed by atoms with Gasteiger partial charge in [0.2, 0.25) is 0 Å². The van der Waals surface area contributed by atoms with Gasteiger partial charge < -0.3 is 10.5 Å². The van der Waals surface area contributed by atoms with E-state index < -0.39 is 0 Å². The molecule has 0 spiro atoms. The van der Waals surface area contributed by atoms with Gasteiger partial charge in [-0.2, -0.15) is 0 Å². The lowest BCUT2D eigenvalue weighted by atomic mass is 10.2. The summed E-state index contributed by atoms with van der Waals surface area (Å²) in [6, 6.07) is 5.74. The number of fused-ring (bicyclic) bond motifs is 1. The number of rotatable bonds is 1. The molecule has 1 aliphatic heterocycles. The highest BCUT2D eigenvalue weighted by molar-refractivity contribution is 5.48. The Labute approximate surface area is 87.7 Å². The smallest absolute Gasteiger partial charge is 0.138 e. The van der Waals surface area contributed by atoms with Crippen LogP contribution < -0.4 is 5.73 Å². The second-order valence-corrected chi connectivity index (χ2v) is 3.85. The predicted octanol–water partition coefficient (Wildman–Crippen LogP) is 1.77. The third-order valence-electron chi connectivity index (χ3n) is 2.80. The molecular formula is C11H13N3O. The van der Waals surface area contributed by atoms with Crippen LogP contribution in [0.2, 0.25) is 0 Å². The number of ether oxygens (including phenoxy) is 1. The summed E-state index contributed by atoms with van der Waals surface area (Å²) in [4.78, 5) is 4.51. The molecule has 2 aromatic rings. The summed E-state index contributed by atoms with van der Waals surface area (Å²) < 4.78 is 7.49. The molecule has 3 rings (SSSR count). The summed E-state index contributed by atoms with van der Waals surface area (Å²) in [6.07, 6.45) is 4.31. The van der Waals surface area contributed by atoms with Gasteiger partial charge in [0.05, 0.1) is 5.69 Å². The Morgan fingerprint density at radius 2 is 2.40 bits per heavy atom. The van der Waals surface area contributed by atoms with Crippen LogP contribution in [0.5, 0.6) is 0 Å². The molecule has 1 aliphatic rings. The summed E-state index contributed by atoms with van der Waals surface area (Å²) in [7, 11) is 0. The first-order valence-corrected chi connectivity index (χ1v) is 5.20. The predicted molar refractivity (Wildman–Crippen MR) is 57.5 cm³/mol. The molecule has 0 radical (unpaired) electrons. The van der Waals surface area contributed by atoms with Gasteiger partial charge in [-0.05, 0) is 25.0 Å². The molecule has 1 fully saturated rings. The molecule has 0 bridgehead atoms. The van der Waals surface area contributed by atoms with E-state index in [1.54, 1.807) is 0 Å². The minimum atomic E-state index is 0.157. The van der Waals surface area contributed by atoms with Crippen molar-refractivity contribution in [3.8, 4) is 0 Å². The van der Waals surface area contributed by atoms with Crippen LogP contribution in [0.4, 0.5) is 5.82 Å². The Morgan fingerprint density at radius 3 is 3.13 bits per heavy atom. The minimum Gasteiger partial charge on any atom is -0.385 e. The van der Waals surface area contributed by atoms with Crippen LogP contribution in [-0.4, -0.2) is 16.0 Å². The van der Waals surface area contributed by atoms with Crippen LogP contribution >= 0.6 is 0 Å². The van der Waals surface area contributed by atoms with Gasteiger partial charge >= 0.3 is 0 Å². The Bertz CT molecular complexity index is 486. The number of pyridine rings is 1. The van der Waals surface area contributed by atoms with Gasteiger partial charge in [0, 0.05) is 12.8 Å². The van der Waals surface area contributed by atoms with Crippen molar-refractivity contribution < 1.29 is 4.74 Å². The number of nitrogens with zero attached hydrogens (tertiary/aromatic N) is 2. The summed E-state index contributed by atoms with van der Waals surface area (Å²) in [5.41, 5.74) is 7.73. The highest BCUT2D eigenvalue weighted by Gasteiger charge is 2.20. The maximum absolute atomic E-state index is 5.85. The van der Waals surface area contributed by atoms with Crippen LogP contribution in [0, 0.1) is 0 Å². The van der Waals surface area contributed by atoms with Gasteiger partial charge in [-0.25, -0.2) is 4.98 Å². The van der Waals surface area contributed by atoms with Crippen LogP contribution in [0.3, 0.4) is 0 Å². The molecule has 1 saturated heterocycles. The van der Waals surface area contributed by atoms with E-state index in [0.29, 0.717) is 5.82 Å². The third kappa shape index (κ3) is 1.37. The standard InChI is InChI=1S/C11H13N3O/c12-10-4-1-5-11-13-8(7-14(10)11)9-3-2-6-15-9/h1,4-5,7,9H,2-3,6,12H2. The van der Waals surface area contributed by atoms with Gasteiger partial charge in [-0.15, -0.1) is 0 Å². The average Bonchev–Trinajstić information content (AvgIpc) is 2.86. The van der Waals surface area contributed by atoms with Crippen LogP contribution in [0.1, 0.15) is 24.6 Å². The maximum Gasteiger partial charge on any atom is 0.138 e. The topological polar surface area (TPSA) is 52.5 Å². The van der Waals surface area contributed by atoms with Crippen LogP contribution in [0.25, 0.3) is 5.65 Å². The van der Waals surface area contributed by atoms with Crippen molar-refractivity contribution in [1.29, 1.82) is 0 Å². The number of imidazole rings is 1. The Kier molecular flexibility index (Phi) is 1.89. The molecule has 78 valence electrons. The van der Waals surface area contributed by atoms with E-state index in [9.17, 15) is 0 Å². The van der Waals surface area contributed by atoms with E-state index in [2.05, 4.69) is 4.98 Å². The van der Waals surface area contributed by atoms with Crippen molar-refractivity contribution in [3.05, 3.63) is 30.1 Å². The van der Waals surface area contributed by atoms with E-state index in [4.69, 9.17) is 10.5 Å². The highest BCUT2D eigenvalue weighted by atomic mass is 16.5. The lowest BCUT2D eigenvalue weighted by Crippen LogP contribution is -1.95. The first-order valence-electron chi connectivity index (χ1n) is 5.20. The van der Waals surface area contributed by atoms with Crippen molar-refractivity contribution in [2.24, 2.45) is 0 Å². The number of anilines is 1. The summed E-state index contributed by atoms with van der Waals surface area (Å²) in [6.45, 7) is 0.841. The average molecular weight is 203 g/mol. The number of nitrogens with two attached hydrogens (primary N) is 1.